The zero-order valence-electron chi connectivity index (χ0n) is 11.5. The highest BCUT2D eigenvalue weighted by atomic mass is 32.2. The highest BCUT2D eigenvalue weighted by Crippen LogP contribution is 2.33. The van der Waals surface area contributed by atoms with Gasteiger partial charge in [0.25, 0.3) is 0 Å². The second-order valence-corrected chi connectivity index (χ2v) is 6.16. The summed E-state index contributed by atoms with van der Waals surface area (Å²) in [5.41, 5.74) is -0.208. The molecule has 4 nitrogen and oxygen atoms in total. The van der Waals surface area contributed by atoms with Crippen molar-refractivity contribution in [2.45, 2.75) is 31.1 Å². The fourth-order valence-electron chi connectivity index (χ4n) is 2.67. The van der Waals surface area contributed by atoms with E-state index in [0.29, 0.717) is 24.0 Å². The minimum Gasteiger partial charge on any atom is -0.772 e. The molecule has 6 heteroatoms. The summed E-state index contributed by atoms with van der Waals surface area (Å²) < 4.78 is 35.1. The summed E-state index contributed by atoms with van der Waals surface area (Å²) in [6.07, 6.45) is 1.06. The van der Waals surface area contributed by atoms with E-state index in [9.17, 15) is 18.3 Å². The summed E-state index contributed by atoms with van der Waals surface area (Å²) in [7, 11) is 0. The van der Waals surface area contributed by atoms with Gasteiger partial charge in [-0.2, -0.15) is 0 Å². The summed E-state index contributed by atoms with van der Waals surface area (Å²) >= 11 is -2.27. The maximum absolute atomic E-state index is 13.6. The van der Waals surface area contributed by atoms with Crippen LogP contribution >= 0.6 is 0 Å². The number of nitrogens with zero attached hydrogens (tertiary/aromatic N) is 1. The van der Waals surface area contributed by atoms with E-state index in [1.54, 1.807) is 6.07 Å². The number of aliphatic hydroxyl groups is 1. The van der Waals surface area contributed by atoms with Gasteiger partial charge in [-0.25, -0.2) is 4.39 Å². The lowest BCUT2D eigenvalue weighted by Crippen LogP contribution is -2.42. The molecule has 1 aliphatic heterocycles. The van der Waals surface area contributed by atoms with Crippen LogP contribution in [0.4, 0.5) is 4.39 Å². The molecular weight excluding hydrogens is 281 g/mol. The number of benzene rings is 1. The highest BCUT2D eigenvalue weighted by Gasteiger charge is 2.34. The molecule has 1 heterocycles. The normalized spacial score (nSPS) is 20.8. The first-order valence-corrected chi connectivity index (χ1v) is 7.98. The third kappa shape index (κ3) is 3.63. The van der Waals surface area contributed by atoms with Gasteiger partial charge < -0.3 is 14.6 Å². The molecule has 1 aromatic rings. The van der Waals surface area contributed by atoms with E-state index in [1.807, 2.05) is 0 Å². The van der Waals surface area contributed by atoms with Crippen molar-refractivity contribution in [3.8, 4) is 0 Å². The number of hydrogen-bond acceptors (Lipinski definition) is 4. The van der Waals surface area contributed by atoms with Crippen molar-refractivity contribution in [3.63, 3.8) is 0 Å². The summed E-state index contributed by atoms with van der Waals surface area (Å²) in [4.78, 5) is 2.22. The molecule has 0 aliphatic carbocycles. The average Bonchev–Trinajstić information content (AvgIpc) is 2.38. The van der Waals surface area contributed by atoms with Crippen LogP contribution in [0.2, 0.25) is 0 Å². The molecule has 1 saturated heterocycles. The van der Waals surface area contributed by atoms with Crippen molar-refractivity contribution in [1.82, 2.24) is 4.90 Å². The molecule has 1 fully saturated rings. The highest BCUT2D eigenvalue weighted by molar-refractivity contribution is 7.78. The molecule has 0 spiro atoms. The maximum Gasteiger partial charge on any atom is 0.123 e. The Labute approximate surface area is 120 Å². The van der Waals surface area contributed by atoms with Gasteiger partial charge in [0.1, 0.15) is 5.82 Å². The van der Waals surface area contributed by atoms with Gasteiger partial charge in [-0.1, -0.05) is 24.1 Å². The fraction of sp³-hybridized carbons (Fsp3) is 0.571. The maximum atomic E-state index is 13.6. The van der Waals surface area contributed by atoms with Crippen LogP contribution in [0.5, 0.6) is 0 Å². The summed E-state index contributed by atoms with van der Waals surface area (Å²) in [6, 6.07) is 4.10. The van der Waals surface area contributed by atoms with Gasteiger partial charge in [-0.05, 0) is 42.6 Å². The van der Waals surface area contributed by atoms with Crippen LogP contribution in [0, 0.1) is 5.82 Å². The SMILES string of the molecule is CCN1CCC(O)(c2cc(F)cc(CS(=O)[O-])c2)CC1. The molecule has 0 bridgehead atoms. The second-order valence-electron chi connectivity index (χ2n) is 5.26. The van der Waals surface area contributed by atoms with E-state index in [2.05, 4.69) is 11.8 Å². The molecule has 2 rings (SSSR count). The number of rotatable bonds is 4. The first-order valence-electron chi connectivity index (χ1n) is 6.73. The molecule has 112 valence electrons. The van der Waals surface area contributed by atoms with Crippen LogP contribution in [-0.2, 0) is 22.4 Å². The lowest BCUT2D eigenvalue weighted by molar-refractivity contribution is -0.0249. The van der Waals surface area contributed by atoms with Crippen molar-refractivity contribution in [2.24, 2.45) is 0 Å². The minimum absolute atomic E-state index is 0.234. The number of hydrogen-bond donors (Lipinski definition) is 1. The third-order valence-electron chi connectivity index (χ3n) is 3.91. The molecule has 1 unspecified atom stereocenters. The predicted molar refractivity (Wildman–Crippen MR) is 74.3 cm³/mol. The van der Waals surface area contributed by atoms with Gasteiger partial charge in [0.05, 0.1) is 5.60 Å². The van der Waals surface area contributed by atoms with E-state index in [4.69, 9.17) is 0 Å². The smallest absolute Gasteiger partial charge is 0.123 e. The molecule has 1 aromatic carbocycles. The van der Waals surface area contributed by atoms with Gasteiger partial charge in [0.15, 0.2) is 0 Å². The van der Waals surface area contributed by atoms with Crippen molar-refractivity contribution in [1.29, 1.82) is 0 Å². The predicted octanol–water partition coefficient (Wildman–Crippen LogP) is 1.51. The molecule has 0 radical (unpaired) electrons. The van der Waals surface area contributed by atoms with Crippen molar-refractivity contribution in [3.05, 3.63) is 35.1 Å². The third-order valence-corrected chi connectivity index (χ3v) is 4.48. The number of piperidine rings is 1. The van der Waals surface area contributed by atoms with Crippen LogP contribution in [0.1, 0.15) is 30.9 Å². The van der Waals surface area contributed by atoms with Gasteiger partial charge in [0.2, 0.25) is 0 Å². The Bertz CT molecular complexity index is 501. The van der Waals surface area contributed by atoms with E-state index in [1.165, 1.54) is 12.1 Å². The zero-order chi connectivity index (χ0) is 14.8. The van der Waals surface area contributed by atoms with Gasteiger partial charge >= 0.3 is 0 Å². The van der Waals surface area contributed by atoms with Crippen molar-refractivity contribution >= 4 is 11.1 Å². The lowest BCUT2D eigenvalue weighted by Gasteiger charge is -2.38. The van der Waals surface area contributed by atoms with Gasteiger partial charge in [-0.3, -0.25) is 4.21 Å². The summed E-state index contributed by atoms with van der Waals surface area (Å²) in [5.74, 6) is -0.739. The Morgan fingerprint density at radius 2 is 2.05 bits per heavy atom. The summed E-state index contributed by atoms with van der Waals surface area (Å²) in [5, 5.41) is 10.7. The van der Waals surface area contributed by atoms with Crippen LogP contribution in [0.15, 0.2) is 18.2 Å². The zero-order valence-corrected chi connectivity index (χ0v) is 12.3. The van der Waals surface area contributed by atoms with Crippen LogP contribution < -0.4 is 0 Å². The van der Waals surface area contributed by atoms with E-state index >= 15 is 0 Å². The Balaban J connectivity index is 2.23. The molecular formula is C14H19FNO3S-. The second kappa shape index (κ2) is 6.30. The average molecular weight is 300 g/mol. The topological polar surface area (TPSA) is 63.6 Å². The Hall–Kier alpha value is -0.820. The molecule has 1 atom stereocenters. The van der Waals surface area contributed by atoms with Crippen molar-refractivity contribution < 1.29 is 18.3 Å². The fourth-order valence-corrected chi connectivity index (χ4v) is 3.11. The van der Waals surface area contributed by atoms with Crippen LogP contribution in [-0.4, -0.2) is 38.4 Å². The largest absolute Gasteiger partial charge is 0.772 e. The van der Waals surface area contributed by atoms with Crippen molar-refractivity contribution in [2.75, 3.05) is 19.6 Å². The molecule has 0 amide bonds. The first kappa shape index (κ1) is 15.6. The molecule has 0 aromatic heterocycles. The van der Waals surface area contributed by atoms with Gasteiger partial charge in [-0.15, -0.1) is 0 Å². The monoisotopic (exact) mass is 300 g/mol. The number of halogens is 1. The molecule has 1 N–H and O–H groups in total. The Morgan fingerprint density at radius 1 is 1.40 bits per heavy atom. The van der Waals surface area contributed by atoms with E-state index in [0.717, 1.165) is 19.6 Å². The summed E-state index contributed by atoms with van der Waals surface area (Å²) in [6.45, 7) is 4.51. The minimum atomic E-state index is -2.27. The standard InChI is InChI=1S/C14H20FNO3S/c1-2-16-5-3-14(17,4-6-16)12-7-11(10-20(18)19)8-13(15)9-12/h7-9,17H,2-6,10H2,1H3,(H,18,19)/p-1. The van der Waals surface area contributed by atoms with E-state index < -0.39 is 22.5 Å². The van der Waals surface area contributed by atoms with Crippen LogP contribution in [0.3, 0.4) is 0 Å². The van der Waals surface area contributed by atoms with Gasteiger partial charge in [0, 0.05) is 18.8 Å². The van der Waals surface area contributed by atoms with E-state index in [-0.39, 0.29) is 5.75 Å². The Morgan fingerprint density at radius 3 is 2.60 bits per heavy atom. The van der Waals surface area contributed by atoms with Crippen LogP contribution in [0.25, 0.3) is 0 Å². The molecule has 1 aliphatic rings. The number of likely N-dealkylation sites (tertiary alicyclic amines) is 1. The molecule has 20 heavy (non-hydrogen) atoms. The quantitative estimate of drug-likeness (QED) is 0.856. The molecule has 0 saturated carbocycles. The Kier molecular flexibility index (Phi) is 4.90. The first-order chi connectivity index (χ1) is 9.43. The lowest BCUT2D eigenvalue weighted by atomic mass is 9.84.